The minimum atomic E-state index is -0.438. The maximum atomic E-state index is 13.6. The van der Waals surface area contributed by atoms with Gasteiger partial charge in [-0.05, 0) is 12.1 Å². The van der Waals surface area contributed by atoms with Gasteiger partial charge in [-0.2, -0.15) is 0 Å². The Bertz CT molecular complexity index is 1170. The number of urea groups is 1. The molecule has 1 aliphatic rings. The number of anilines is 2. The number of benzene rings is 2. The zero-order chi connectivity index (χ0) is 24.2. The van der Waals surface area contributed by atoms with Crippen LogP contribution in [0.5, 0.6) is 23.1 Å². The van der Waals surface area contributed by atoms with Gasteiger partial charge in [-0.25, -0.2) is 19.2 Å². The quantitative estimate of drug-likeness (QED) is 0.586. The van der Waals surface area contributed by atoms with E-state index in [1.807, 2.05) is 12.1 Å². The number of rotatable bonds is 6. The molecule has 0 saturated carbocycles. The van der Waals surface area contributed by atoms with Gasteiger partial charge >= 0.3 is 6.03 Å². The topological polar surface area (TPSA) is 98.3 Å². The Morgan fingerprint density at radius 3 is 2.15 bits per heavy atom. The van der Waals surface area contributed by atoms with Crippen LogP contribution in [0.25, 0.3) is 11.0 Å². The molecule has 10 nitrogen and oxygen atoms in total. The number of aromatic nitrogens is 2. The fourth-order valence-electron chi connectivity index (χ4n) is 3.83. The van der Waals surface area contributed by atoms with Crippen LogP contribution < -0.4 is 29.2 Å². The summed E-state index contributed by atoms with van der Waals surface area (Å²) in [5, 5.41) is 2.74. The lowest BCUT2D eigenvalue weighted by Gasteiger charge is -2.36. The normalized spacial score (nSPS) is 13.6. The van der Waals surface area contributed by atoms with Crippen LogP contribution in [0.3, 0.4) is 0 Å². The highest BCUT2D eigenvalue weighted by Crippen LogP contribution is 2.41. The summed E-state index contributed by atoms with van der Waals surface area (Å²) in [6.07, 6.45) is 0. The van der Waals surface area contributed by atoms with Gasteiger partial charge in [-0.1, -0.05) is 0 Å². The Kier molecular flexibility index (Phi) is 6.71. The van der Waals surface area contributed by atoms with Crippen molar-refractivity contribution in [1.29, 1.82) is 0 Å². The van der Waals surface area contributed by atoms with Crippen LogP contribution in [0, 0.1) is 5.82 Å². The summed E-state index contributed by atoms with van der Waals surface area (Å²) >= 11 is 0. The van der Waals surface area contributed by atoms with Gasteiger partial charge in [0.15, 0.2) is 17.3 Å². The van der Waals surface area contributed by atoms with E-state index in [-0.39, 0.29) is 17.7 Å². The zero-order valence-electron chi connectivity index (χ0n) is 19.4. The highest BCUT2D eigenvalue weighted by Gasteiger charge is 2.25. The lowest BCUT2D eigenvalue weighted by Crippen LogP contribution is -2.50. The van der Waals surface area contributed by atoms with Crippen molar-refractivity contribution in [3.05, 3.63) is 36.1 Å². The van der Waals surface area contributed by atoms with Crippen molar-refractivity contribution in [2.45, 2.75) is 0 Å². The van der Waals surface area contributed by atoms with Crippen molar-refractivity contribution in [2.75, 3.05) is 64.8 Å². The number of nitrogens with zero attached hydrogens (tertiary/aromatic N) is 4. The van der Waals surface area contributed by atoms with Crippen molar-refractivity contribution in [3.8, 4) is 23.1 Å². The smallest absolute Gasteiger partial charge is 0.323 e. The molecule has 11 heteroatoms. The number of hydrogen-bond donors (Lipinski definition) is 1. The number of carbonyl (C=O) groups is 1. The summed E-state index contributed by atoms with van der Waals surface area (Å²) in [4.78, 5) is 25.3. The summed E-state index contributed by atoms with van der Waals surface area (Å²) in [6, 6.07) is 7.48. The molecular weight excluding hydrogens is 445 g/mol. The average molecular weight is 471 g/mol. The first-order valence-corrected chi connectivity index (χ1v) is 10.6. The van der Waals surface area contributed by atoms with Gasteiger partial charge in [0.05, 0.1) is 39.5 Å². The number of carbonyl (C=O) groups excluding carboxylic acids is 1. The first-order valence-electron chi connectivity index (χ1n) is 10.6. The number of halogens is 1. The summed E-state index contributed by atoms with van der Waals surface area (Å²) in [5.74, 6) is 1.51. The molecule has 1 saturated heterocycles. The first kappa shape index (κ1) is 23.1. The maximum Gasteiger partial charge on any atom is 0.323 e. The maximum absolute atomic E-state index is 13.6. The lowest BCUT2D eigenvalue weighted by molar-refractivity contribution is 0.208. The third kappa shape index (κ3) is 4.54. The molecule has 0 aliphatic carbocycles. The van der Waals surface area contributed by atoms with Crippen LogP contribution in [0.15, 0.2) is 30.3 Å². The fourth-order valence-corrected chi connectivity index (χ4v) is 3.83. The van der Waals surface area contributed by atoms with E-state index < -0.39 is 5.82 Å². The van der Waals surface area contributed by atoms with Gasteiger partial charge < -0.3 is 28.7 Å². The predicted octanol–water partition coefficient (Wildman–Crippen LogP) is 3.16. The summed E-state index contributed by atoms with van der Waals surface area (Å²) < 4.78 is 35.1. The second kappa shape index (κ2) is 9.86. The van der Waals surface area contributed by atoms with Crippen LogP contribution in [0.2, 0.25) is 0 Å². The number of fused-ring (bicyclic) bond motifs is 1. The first-order chi connectivity index (χ1) is 16.5. The molecule has 2 heterocycles. The van der Waals surface area contributed by atoms with E-state index in [1.54, 1.807) is 26.2 Å². The van der Waals surface area contributed by atoms with Crippen molar-refractivity contribution < 1.29 is 28.1 Å². The molecular formula is C23H26FN5O5. The second-order valence-corrected chi connectivity index (χ2v) is 7.50. The summed E-state index contributed by atoms with van der Waals surface area (Å²) in [7, 11) is 6.14. The van der Waals surface area contributed by atoms with Crippen LogP contribution in [0.1, 0.15) is 0 Å². The third-order valence-corrected chi connectivity index (χ3v) is 5.59. The van der Waals surface area contributed by atoms with E-state index in [9.17, 15) is 9.18 Å². The molecule has 0 unspecified atom stereocenters. The molecule has 1 aliphatic heterocycles. The Hall–Kier alpha value is -4.02. The van der Waals surface area contributed by atoms with Crippen molar-refractivity contribution in [3.63, 3.8) is 0 Å². The van der Waals surface area contributed by atoms with Crippen LogP contribution >= 0.6 is 0 Å². The Morgan fingerprint density at radius 1 is 0.882 bits per heavy atom. The van der Waals surface area contributed by atoms with E-state index in [0.717, 1.165) is 5.69 Å². The number of amides is 2. The average Bonchev–Trinajstić information content (AvgIpc) is 2.87. The minimum absolute atomic E-state index is 0.137. The van der Waals surface area contributed by atoms with Crippen molar-refractivity contribution >= 4 is 28.6 Å². The van der Waals surface area contributed by atoms with Gasteiger partial charge in [0.25, 0.3) is 5.88 Å². The zero-order valence-corrected chi connectivity index (χ0v) is 19.4. The van der Waals surface area contributed by atoms with Crippen LogP contribution in [-0.4, -0.2) is 75.5 Å². The van der Waals surface area contributed by atoms with Crippen LogP contribution in [0.4, 0.5) is 20.7 Å². The summed E-state index contributed by atoms with van der Waals surface area (Å²) in [5.41, 5.74) is 1.69. The number of hydrogen-bond acceptors (Lipinski definition) is 8. The lowest BCUT2D eigenvalue weighted by atomic mass is 10.2. The minimum Gasteiger partial charge on any atom is -0.493 e. The molecule has 0 atom stereocenters. The molecule has 1 fully saturated rings. The van der Waals surface area contributed by atoms with E-state index in [4.69, 9.17) is 18.9 Å². The summed E-state index contributed by atoms with van der Waals surface area (Å²) in [6.45, 7) is 2.14. The molecule has 0 bridgehead atoms. The second-order valence-electron chi connectivity index (χ2n) is 7.50. The highest BCUT2D eigenvalue weighted by atomic mass is 19.1. The Labute approximate surface area is 196 Å². The number of piperazine rings is 1. The van der Waals surface area contributed by atoms with Crippen LogP contribution in [-0.2, 0) is 0 Å². The van der Waals surface area contributed by atoms with Gasteiger partial charge in [0.2, 0.25) is 5.75 Å². The molecule has 2 aromatic carbocycles. The van der Waals surface area contributed by atoms with E-state index in [1.165, 1.54) is 25.3 Å². The standard InChI is InChI=1S/C23H26FN5O5/c1-31-18-12-15(13-19(32-2)20(18)33-3)28-7-9-29(10-8-28)23(30)27-21-22(34-4)26-16-6-5-14(24)11-17(16)25-21/h5-6,11-13H,7-10H2,1-4H3,(H,25,27,30). The molecule has 2 amide bonds. The molecule has 3 aromatic rings. The largest absolute Gasteiger partial charge is 0.493 e. The van der Waals surface area contributed by atoms with Gasteiger partial charge in [-0.3, -0.25) is 5.32 Å². The third-order valence-electron chi connectivity index (χ3n) is 5.59. The van der Waals surface area contributed by atoms with Crippen molar-refractivity contribution in [1.82, 2.24) is 14.9 Å². The number of nitrogens with one attached hydrogen (secondary N) is 1. The molecule has 1 aromatic heterocycles. The Morgan fingerprint density at radius 2 is 1.56 bits per heavy atom. The SMILES string of the molecule is COc1cc(N2CCN(C(=O)Nc3nc4cc(F)ccc4nc3OC)CC2)cc(OC)c1OC. The van der Waals surface area contributed by atoms with E-state index in [0.29, 0.717) is 54.5 Å². The van der Waals surface area contributed by atoms with E-state index in [2.05, 4.69) is 20.2 Å². The number of methoxy groups -OCH3 is 4. The molecule has 180 valence electrons. The van der Waals surface area contributed by atoms with Gasteiger partial charge in [-0.15, -0.1) is 0 Å². The molecule has 0 spiro atoms. The van der Waals surface area contributed by atoms with Crippen molar-refractivity contribution in [2.24, 2.45) is 0 Å². The number of ether oxygens (including phenoxy) is 4. The van der Waals surface area contributed by atoms with Gasteiger partial charge in [0.1, 0.15) is 5.82 Å². The fraction of sp³-hybridized carbons (Fsp3) is 0.348. The Balaban J connectivity index is 1.46. The molecule has 0 radical (unpaired) electrons. The predicted molar refractivity (Wildman–Crippen MR) is 125 cm³/mol. The highest BCUT2D eigenvalue weighted by molar-refractivity contribution is 5.91. The molecule has 1 N–H and O–H groups in total. The van der Waals surface area contributed by atoms with Gasteiger partial charge in [0, 0.05) is 50.1 Å². The molecule has 4 rings (SSSR count). The monoisotopic (exact) mass is 471 g/mol. The van der Waals surface area contributed by atoms with E-state index >= 15 is 0 Å². The molecule has 34 heavy (non-hydrogen) atoms.